The number of hydrogen-bond donors (Lipinski definition) is 1. The van der Waals surface area contributed by atoms with Gasteiger partial charge in [-0.1, -0.05) is 13.0 Å². The highest BCUT2D eigenvalue weighted by atomic mass is 19.1. The first kappa shape index (κ1) is 8.63. The number of rotatable bonds is 1. The maximum Gasteiger partial charge on any atom is 0.129 e. The number of halogens is 2. The van der Waals surface area contributed by atoms with Crippen LogP contribution in [0.25, 0.3) is 0 Å². The lowest BCUT2D eigenvalue weighted by molar-refractivity contribution is 0.523. The zero-order valence-electron chi connectivity index (χ0n) is 7.35. The van der Waals surface area contributed by atoms with E-state index in [1.807, 2.05) is 0 Å². The van der Waals surface area contributed by atoms with Gasteiger partial charge in [-0.25, -0.2) is 8.78 Å². The van der Waals surface area contributed by atoms with Gasteiger partial charge >= 0.3 is 0 Å². The van der Waals surface area contributed by atoms with Crippen molar-refractivity contribution in [2.45, 2.75) is 24.8 Å². The third-order valence-corrected chi connectivity index (χ3v) is 2.84. The second kappa shape index (κ2) is 2.51. The zero-order valence-corrected chi connectivity index (χ0v) is 7.35. The van der Waals surface area contributed by atoms with Gasteiger partial charge in [-0.3, -0.25) is 0 Å². The molecule has 0 heterocycles. The van der Waals surface area contributed by atoms with Gasteiger partial charge < -0.3 is 5.73 Å². The van der Waals surface area contributed by atoms with Gasteiger partial charge in [0.15, 0.2) is 0 Å². The molecule has 0 spiro atoms. The number of nitrogens with two attached hydrogens (primary N) is 1. The molecule has 1 aromatic carbocycles. The van der Waals surface area contributed by atoms with Crippen LogP contribution in [0.4, 0.5) is 8.78 Å². The van der Waals surface area contributed by atoms with E-state index in [4.69, 9.17) is 5.73 Å². The third-order valence-electron chi connectivity index (χ3n) is 2.84. The smallest absolute Gasteiger partial charge is 0.129 e. The summed E-state index contributed by atoms with van der Waals surface area (Å²) in [6.07, 6.45) is 0.658. The summed E-state index contributed by atoms with van der Waals surface area (Å²) in [7, 11) is 0. The van der Waals surface area contributed by atoms with Gasteiger partial charge in [-0.15, -0.1) is 0 Å². The van der Waals surface area contributed by atoms with Crippen molar-refractivity contribution in [3.8, 4) is 0 Å². The van der Waals surface area contributed by atoms with Crippen molar-refractivity contribution in [3.63, 3.8) is 0 Å². The van der Waals surface area contributed by atoms with Crippen molar-refractivity contribution in [1.29, 1.82) is 0 Å². The van der Waals surface area contributed by atoms with E-state index in [1.54, 1.807) is 6.92 Å². The van der Waals surface area contributed by atoms with Crippen LogP contribution in [0.3, 0.4) is 0 Å². The molecule has 0 saturated heterocycles. The van der Waals surface area contributed by atoms with E-state index >= 15 is 0 Å². The van der Waals surface area contributed by atoms with Gasteiger partial charge in [0.05, 0.1) is 0 Å². The Balaban J connectivity index is 2.52. The molecule has 3 heteroatoms. The molecule has 0 amide bonds. The van der Waals surface area contributed by atoms with Crippen LogP contribution in [0.1, 0.15) is 18.9 Å². The molecule has 0 unspecified atom stereocenters. The highest BCUT2D eigenvalue weighted by Crippen LogP contribution is 2.48. The van der Waals surface area contributed by atoms with Gasteiger partial charge in [-0.2, -0.15) is 0 Å². The zero-order chi connectivity index (χ0) is 9.64. The quantitative estimate of drug-likeness (QED) is 0.707. The Bertz CT molecular complexity index is 331. The van der Waals surface area contributed by atoms with Crippen LogP contribution in [-0.4, -0.2) is 6.04 Å². The van der Waals surface area contributed by atoms with Gasteiger partial charge in [0.1, 0.15) is 11.6 Å². The van der Waals surface area contributed by atoms with Gasteiger partial charge in [0.25, 0.3) is 0 Å². The van der Waals surface area contributed by atoms with E-state index in [9.17, 15) is 8.78 Å². The molecule has 0 aromatic heterocycles. The predicted molar refractivity (Wildman–Crippen MR) is 46.3 cm³/mol. The molecule has 2 atom stereocenters. The Morgan fingerprint density at radius 3 is 2.23 bits per heavy atom. The Hall–Kier alpha value is -0.960. The van der Waals surface area contributed by atoms with Crippen LogP contribution in [0.5, 0.6) is 0 Å². The molecule has 0 aliphatic heterocycles. The molecule has 0 radical (unpaired) electrons. The van der Waals surface area contributed by atoms with Crippen molar-refractivity contribution in [2.24, 2.45) is 5.73 Å². The molecule has 1 saturated carbocycles. The molecule has 0 bridgehead atoms. The maximum absolute atomic E-state index is 13.3. The first-order valence-corrected chi connectivity index (χ1v) is 4.26. The molecular weight excluding hydrogens is 172 g/mol. The van der Waals surface area contributed by atoms with E-state index in [1.165, 1.54) is 18.2 Å². The fraction of sp³-hybridized carbons (Fsp3) is 0.400. The van der Waals surface area contributed by atoms with Crippen molar-refractivity contribution in [1.82, 2.24) is 0 Å². The van der Waals surface area contributed by atoms with Crippen LogP contribution in [0.15, 0.2) is 18.2 Å². The second-order valence-corrected chi connectivity index (χ2v) is 3.82. The minimum absolute atomic E-state index is 0.112. The maximum atomic E-state index is 13.3. The molecular formula is C10H11F2N. The van der Waals surface area contributed by atoms with Crippen molar-refractivity contribution in [2.75, 3.05) is 0 Å². The van der Waals surface area contributed by atoms with Gasteiger partial charge in [0.2, 0.25) is 0 Å². The van der Waals surface area contributed by atoms with E-state index < -0.39 is 17.0 Å². The summed E-state index contributed by atoms with van der Waals surface area (Å²) in [6, 6.07) is 3.80. The van der Waals surface area contributed by atoms with E-state index in [0.717, 1.165) is 0 Å². The van der Waals surface area contributed by atoms with Crippen LogP contribution < -0.4 is 5.73 Å². The summed E-state index contributed by atoms with van der Waals surface area (Å²) >= 11 is 0. The molecule has 2 N–H and O–H groups in total. The Morgan fingerprint density at radius 1 is 1.38 bits per heavy atom. The lowest BCUT2D eigenvalue weighted by Gasteiger charge is -2.11. The minimum Gasteiger partial charge on any atom is -0.327 e. The summed E-state index contributed by atoms with van der Waals surface area (Å²) in [5.74, 6) is -0.981. The molecule has 1 fully saturated rings. The summed E-state index contributed by atoms with van der Waals surface area (Å²) in [5.41, 5.74) is 5.29. The highest BCUT2D eigenvalue weighted by molar-refractivity contribution is 5.36. The lowest BCUT2D eigenvalue weighted by atomic mass is 9.96. The fourth-order valence-corrected chi connectivity index (χ4v) is 1.73. The predicted octanol–water partition coefficient (Wildman–Crippen LogP) is 1.95. The van der Waals surface area contributed by atoms with Crippen LogP contribution in [0, 0.1) is 11.6 Å². The van der Waals surface area contributed by atoms with E-state index in [0.29, 0.717) is 6.42 Å². The summed E-state index contributed by atoms with van der Waals surface area (Å²) < 4.78 is 26.5. The minimum atomic E-state index is -0.491. The van der Waals surface area contributed by atoms with Gasteiger partial charge in [-0.05, 0) is 18.6 Å². The molecule has 1 aromatic rings. The monoisotopic (exact) mass is 183 g/mol. The van der Waals surface area contributed by atoms with Crippen LogP contribution >= 0.6 is 0 Å². The lowest BCUT2D eigenvalue weighted by Crippen LogP contribution is -2.17. The summed E-state index contributed by atoms with van der Waals surface area (Å²) in [6.45, 7) is 1.79. The Kier molecular flexibility index (Phi) is 1.67. The first-order valence-electron chi connectivity index (χ1n) is 4.26. The topological polar surface area (TPSA) is 26.0 Å². The van der Waals surface area contributed by atoms with Crippen molar-refractivity contribution >= 4 is 0 Å². The van der Waals surface area contributed by atoms with Gasteiger partial charge in [0, 0.05) is 17.0 Å². The highest BCUT2D eigenvalue weighted by Gasteiger charge is 2.51. The number of hydrogen-bond acceptors (Lipinski definition) is 1. The normalized spacial score (nSPS) is 31.8. The van der Waals surface area contributed by atoms with E-state index in [-0.39, 0.29) is 11.6 Å². The summed E-state index contributed by atoms with van der Waals surface area (Å²) in [5, 5.41) is 0. The fourth-order valence-electron chi connectivity index (χ4n) is 1.73. The van der Waals surface area contributed by atoms with Crippen molar-refractivity contribution < 1.29 is 8.78 Å². The SMILES string of the molecule is C[C@]1(c2c(F)cccc2F)C[C@@H]1N. The molecule has 1 aliphatic carbocycles. The third kappa shape index (κ3) is 1.15. The first-order chi connectivity index (χ1) is 6.05. The standard InChI is InChI=1S/C10H11F2N/c1-10(5-8(10)13)9-6(11)3-2-4-7(9)12/h2-4,8H,5,13H2,1H3/t8-,10-/m0/s1. The number of benzene rings is 1. The summed E-state index contributed by atoms with van der Waals surface area (Å²) in [4.78, 5) is 0. The molecule has 13 heavy (non-hydrogen) atoms. The Labute approximate surface area is 75.6 Å². The second-order valence-electron chi connectivity index (χ2n) is 3.82. The molecule has 70 valence electrons. The molecule has 1 nitrogen and oxygen atoms in total. The Morgan fingerprint density at radius 2 is 1.85 bits per heavy atom. The average Bonchev–Trinajstić information content (AvgIpc) is 2.59. The van der Waals surface area contributed by atoms with Crippen molar-refractivity contribution in [3.05, 3.63) is 35.4 Å². The molecule has 1 aliphatic rings. The largest absolute Gasteiger partial charge is 0.327 e. The van der Waals surface area contributed by atoms with E-state index in [2.05, 4.69) is 0 Å². The molecule has 2 rings (SSSR count). The van der Waals surface area contributed by atoms with Crippen LogP contribution in [-0.2, 0) is 5.41 Å². The van der Waals surface area contributed by atoms with Crippen LogP contribution in [0.2, 0.25) is 0 Å². The average molecular weight is 183 g/mol.